The molecule has 0 aliphatic carbocycles. The molecule has 0 radical (unpaired) electrons. The van der Waals surface area contributed by atoms with E-state index in [1.807, 2.05) is 0 Å². The number of carbonyl (C=O) groups excluding carboxylic acids is 3. The summed E-state index contributed by atoms with van der Waals surface area (Å²) in [4.78, 5) is 47.0. The second-order valence-corrected chi connectivity index (χ2v) is 6.87. The van der Waals surface area contributed by atoms with Crippen LogP contribution in [0.15, 0.2) is 42.5 Å². The quantitative estimate of drug-likeness (QED) is 0.323. The van der Waals surface area contributed by atoms with Crippen molar-refractivity contribution in [1.82, 2.24) is 5.32 Å². The topological polar surface area (TPSA) is 142 Å². The Morgan fingerprint density at radius 2 is 1.72 bits per heavy atom. The van der Waals surface area contributed by atoms with E-state index in [1.165, 1.54) is 24.3 Å². The van der Waals surface area contributed by atoms with Crippen molar-refractivity contribution in [2.24, 2.45) is 5.73 Å². The first-order valence-corrected chi connectivity index (χ1v) is 9.54. The standard InChI is InChI=1S/C21H21F2N3O6/c1-2-32-19(28)11-17(13-3-5-16(6-4-13)26(30)31)20(21(24)29)25-18(27)9-12-7-14(22)10-15(23)8-12/h3-8,10,17,20H,2,9,11H2,1H3,(H2,24,29)(H,25,27)/t17-,20-/m1/s1. The smallest absolute Gasteiger partial charge is 0.306 e. The molecule has 2 atom stereocenters. The number of ether oxygens (including phenoxy) is 1. The van der Waals surface area contributed by atoms with E-state index in [-0.39, 0.29) is 24.3 Å². The molecule has 0 bridgehead atoms. The van der Waals surface area contributed by atoms with Gasteiger partial charge < -0.3 is 15.8 Å². The van der Waals surface area contributed by atoms with Crippen LogP contribution < -0.4 is 11.1 Å². The number of nitrogens with zero attached hydrogens (tertiary/aromatic N) is 1. The van der Waals surface area contributed by atoms with E-state index >= 15 is 0 Å². The van der Waals surface area contributed by atoms with Gasteiger partial charge in [-0.1, -0.05) is 12.1 Å². The second-order valence-electron chi connectivity index (χ2n) is 6.87. The highest BCUT2D eigenvalue weighted by Crippen LogP contribution is 2.27. The molecule has 2 aromatic carbocycles. The van der Waals surface area contributed by atoms with Crippen molar-refractivity contribution in [2.45, 2.75) is 31.7 Å². The number of nitrogens with two attached hydrogens (primary N) is 1. The summed E-state index contributed by atoms with van der Waals surface area (Å²) in [5.74, 6) is -5.16. The highest BCUT2D eigenvalue weighted by Gasteiger charge is 2.32. The SMILES string of the molecule is CCOC(=O)C[C@H](c1ccc([N+](=O)[O-])cc1)[C@@H](NC(=O)Cc1cc(F)cc(F)c1)C(N)=O. The van der Waals surface area contributed by atoms with Gasteiger partial charge in [0.2, 0.25) is 11.8 Å². The number of nitro benzene ring substituents is 1. The van der Waals surface area contributed by atoms with Crippen molar-refractivity contribution in [3.63, 3.8) is 0 Å². The van der Waals surface area contributed by atoms with Gasteiger partial charge >= 0.3 is 5.97 Å². The first-order chi connectivity index (χ1) is 15.1. The maximum atomic E-state index is 13.4. The predicted molar refractivity (Wildman–Crippen MR) is 108 cm³/mol. The van der Waals surface area contributed by atoms with E-state index in [0.717, 1.165) is 12.1 Å². The average Bonchev–Trinajstić information content (AvgIpc) is 2.70. The number of primary amides is 1. The summed E-state index contributed by atoms with van der Waals surface area (Å²) in [6.45, 7) is 1.66. The van der Waals surface area contributed by atoms with Crippen LogP contribution in [0.3, 0.4) is 0 Å². The zero-order valence-corrected chi connectivity index (χ0v) is 17.0. The molecule has 9 nitrogen and oxygen atoms in total. The molecular weight excluding hydrogens is 428 g/mol. The number of benzene rings is 2. The second kappa shape index (κ2) is 10.9. The zero-order valence-electron chi connectivity index (χ0n) is 17.0. The summed E-state index contributed by atoms with van der Waals surface area (Å²) in [7, 11) is 0. The Kier molecular flexibility index (Phi) is 8.33. The minimum absolute atomic E-state index is 0.0282. The Hall–Kier alpha value is -3.89. The van der Waals surface area contributed by atoms with E-state index in [4.69, 9.17) is 10.5 Å². The molecule has 2 aromatic rings. The Balaban J connectivity index is 2.30. The monoisotopic (exact) mass is 449 g/mol. The van der Waals surface area contributed by atoms with E-state index in [1.54, 1.807) is 6.92 Å². The summed E-state index contributed by atoms with van der Waals surface area (Å²) in [5, 5.41) is 13.3. The molecule has 0 saturated carbocycles. The van der Waals surface area contributed by atoms with Gasteiger partial charge in [0, 0.05) is 24.1 Å². The molecule has 0 aromatic heterocycles. The van der Waals surface area contributed by atoms with Crippen molar-refractivity contribution in [3.05, 3.63) is 75.3 Å². The van der Waals surface area contributed by atoms with Gasteiger partial charge in [0.15, 0.2) is 0 Å². The van der Waals surface area contributed by atoms with E-state index in [9.17, 15) is 33.3 Å². The molecule has 170 valence electrons. The lowest BCUT2D eigenvalue weighted by Gasteiger charge is -2.25. The van der Waals surface area contributed by atoms with Crippen LogP contribution in [0, 0.1) is 21.7 Å². The summed E-state index contributed by atoms with van der Waals surface area (Å²) < 4.78 is 31.7. The third-order valence-electron chi connectivity index (χ3n) is 4.54. The average molecular weight is 449 g/mol. The number of amides is 2. The van der Waals surface area contributed by atoms with Crippen LogP contribution in [0.5, 0.6) is 0 Å². The van der Waals surface area contributed by atoms with Crippen molar-refractivity contribution in [3.8, 4) is 0 Å². The molecule has 0 fully saturated rings. The Labute approximate surface area is 181 Å². The highest BCUT2D eigenvalue weighted by molar-refractivity contribution is 5.89. The number of rotatable bonds is 10. The molecule has 0 aliphatic rings. The minimum Gasteiger partial charge on any atom is -0.466 e. The van der Waals surface area contributed by atoms with E-state index in [2.05, 4.69) is 5.32 Å². The number of halogens is 2. The normalized spacial score (nSPS) is 12.5. The number of non-ortho nitro benzene ring substituents is 1. The maximum Gasteiger partial charge on any atom is 0.306 e. The molecule has 0 heterocycles. The van der Waals surface area contributed by atoms with Gasteiger partial charge in [0.25, 0.3) is 5.69 Å². The number of esters is 1. The van der Waals surface area contributed by atoms with E-state index < -0.39 is 52.7 Å². The Morgan fingerprint density at radius 3 is 2.22 bits per heavy atom. The molecule has 11 heteroatoms. The van der Waals surface area contributed by atoms with Crippen LogP contribution in [-0.4, -0.2) is 35.4 Å². The number of carbonyl (C=O) groups is 3. The lowest BCUT2D eigenvalue weighted by Crippen LogP contribution is -2.49. The van der Waals surface area contributed by atoms with Crippen LogP contribution in [0.4, 0.5) is 14.5 Å². The third kappa shape index (κ3) is 6.83. The molecular formula is C21H21F2N3O6. The third-order valence-corrected chi connectivity index (χ3v) is 4.54. The first kappa shape index (κ1) is 24.4. The summed E-state index contributed by atoms with van der Waals surface area (Å²) in [5.41, 5.74) is 5.60. The Bertz CT molecular complexity index is 993. The fraction of sp³-hybridized carbons (Fsp3) is 0.286. The minimum atomic E-state index is -1.40. The van der Waals surface area contributed by atoms with Crippen LogP contribution >= 0.6 is 0 Å². The fourth-order valence-corrected chi connectivity index (χ4v) is 3.16. The van der Waals surface area contributed by atoms with Crippen LogP contribution in [0.25, 0.3) is 0 Å². The van der Waals surface area contributed by atoms with Crippen molar-refractivity contribution >= 4 is 23.5 Å². The molecule has 32 heavy (non-hydrogen) atoms. The highest BCUT2D eigenvalue weighted by atomic mass is 19.1. The van der Waals surface area contributed by atoms with Gasteiger partial charge in [-0.15, -0.1) is 0 Å². The van der Waals surface area contributed by atoms with Gasteiger partial charge in [0.05, 0.1) is 24.4 Å². The number of hydrogen-bond donors (Lipinski definition) is 2. The van der Waals surface area contributed by atoms with Gasteiger partial charge in [-0.3, -0.25) is 24.5 Å². The van der Waals surface area contributed by atoms with Gasteiger partial charge in [-0.05, 0) is 30.2 Å². The van der Waals surface area contributed by atoms with Crippen LogP contribution in [-0.2, 0) is 25.5 Å². The molecule has 0 aliphatic heterocycles. The zero-order chi connectivity index (χ0) is 23.8. The van der Waals surface area contributed by atoms with Gasteiger partial charge in [-0.2, -0.15) is 0 Å². The van der Waals surface area contributed by atoms with Crippen molar-refractivity contribution in [2.75, 3.05) is 6.61 Å². The van der Waals surface area contributed by atoms with Gasteiger partial charge in [0.1, 0.15) is 17.7 Å². The summed E-state index contributed by atoms with van der Waals surface area (Å²) in [6, 6.07) is 6.23. The molecule has 0 unspecified atom stereocenters. The molecule has 2 amide bonds. The van der Waals surface area contributed by atoms with Crippen LogP contribution in [0.2, 0.25) is 0 Å². The maximum absolute atomic E-state index is 13.4. The number of nitrogens with one attached hydrogen (secondary N) is 1. The fourth-order valence-electron chi connectivity index (χ4n) is 3.16. The first-order valence-electron chi connectivity index (χ1n) is 9.54. The van der Waals surface area contributed by atoms with Crippen LogP contribution in [0.1, 0.15) is 30.4 Å². The Morgan fingerprint density at radius 1 is 1.12 bits per heavy atom. The number of nitro groups is 1. The summed E-state index contributed by atoms with van der Waals surface area (Å²) >= 11 is 0. The predicted octanol–water partition coefficient (Wildman–Crippen LogP) is 2.12. The largest absolute Gasteiger partial charge is 0.466 e. The lowest BCUT2D eigenvalue weighted by atomic mass is 9.87. The molecule has 2 rings (SSSR count). The summed E-state index contributed by atoms with van der Waals surface area (Å²) in [6.07, 6.45) is -0.807. The van der Waals surface area contributed by atoms with Crippen molar-refractivity contribution < 1.29 is 32.8 Å². The van der Waals surface area contributed by atoms with E-state index in [0.29, 0.717) is 11.6 Å². The van der Waals surface area contributed by atoms with Gasteiger partial charge in [-0.25, -0.2) is 8.78 Å². The van der Waals surface area contributed by atoms with Crippen molar-refractivity contribution in [1.29, 1.82) is 0 Å². The molecule has 0 spiro atoms. The lowest BCUT2D eigenvalue weighted by molar-refractivity contribution is -0.384. The molecule has 3 N–H and O–H groups in total. The molecule has 0 saturated heterocycles. The number of hydrogen-bond acceptors (Lipinski definition) is 6.